The largest absolute Gasteiger partial charge is 0.383 e. The highest BCUT2D eigenvalue weighted by molar-refractivity contribution is 5.85. The Morgan fingerprint density at radius 2 is 2.20 bits per heavy atom. The number of carbonyl (C=O) groups excluding carboxylic acids is 1. The van der Waals surface area contributed by atoms with Gasteiger partial charge in [-0.25, -0.2) is 10.8 Å². The first-order valence-corrected chi connectivity index (χ1v) is 3.89. The molecule has 15 heavy (non-hydrogen) atoms. The van der Waals surface area contributed by atoms with Gasteiger partial charge in [-0.15, -0.1) is 12.4 Å². The summed E-state index contributed by atoms with van der Waals surface area (Å²) in [5.74, 6) is 4.84. The maximum Gasteiger partial charge on any atom is 0.256 e. The van der Waals surface area contributed by atoms with Crippen LogP contribution in [-0.4, -0.2) is 15.9 Å². The first-order valence-electron chi connectivity index (χ1n) is 3.89. The Kier molecular flexibility index (Phi) is 4.75. The van der Waals surface area contributed by atoms with Crippen LogP contribution in [0.2, 0.25) is 0 Å². The van der Waals surface area contributed by atoms with Gasteiger partial charge in [-0.3, -0.25) is 15.0 Å². The van der Waals surface area contributed by atoms with Crippen LogP contribution in [0.5, 0.6) is 0 Å². The van der Waals surface area contributed by atoms with E-state index < -0.39 is 11.5 Å². The minimum absolute atomic E-state index is 0. The third-order valence-electron chi connectivity index (χ3n) is 1.66. The van der Waals surface area contributed by atoms with E-state index in [4.69, 9.17) is 11.6 Å². The van der Waals surface area contributed by atoms with Gasteiger partial charge in [-0.2, -0.15) is 0 Å². The molecule has 0 aliphatic rings. The molecule has 0 aromatic carbocycles. The number of anilines is 1. The van der Waals surface area contributed by atoms with E-state index in [0.29, 0.717) is 5.82 Å². The summed E-state index contributed by atoms with van der Waals surface area (Å²) in [6, 6.07) is 0. The maximum atomic E-state index is 11.3. The predicted molar refractivity (Wildman–Crippen MR) is 57.3 cm³/mol. The van der Waals surface area contributed by atoms with Crippen LogP contribution < -0.4 is 22.6 Å². The standard InChI is InChI=1S/C7H11N5O2.ClH/c1-3-10-6(8)4(7(14)11-3)2-5(13)12-9;/h2,9H2,1H3,(H,12,13)(H3,8,10,11,14);1H. The van der Waals surface area contributed by atoms with Crippen LogP contribution in [0.1, 0.15) is 11.4 Å². The minimum atomic E-state index is -0.493. The predicted octanol–water partition coefficient (Wildman–Crippen LogP) is -1.39. The number of aromatic amines is 1. The monoisotopic (exact) mass is 233 g/mol. The van der Waals surface area contributed by atoms with E-state index in [-0.39, 0.29) is 30.2 Å². The van der Waals surface area contributed by atoms with Gasteiger partial charge in [0.05, 0.1) is 12.0 Å². The molecule has 1 amide bonds. The van der Waals surface area contributed by atoms with Crippen molar-refractivity contribution in [3.05, 3.63) is 21.7 Å². The molecule has 1 aromatic rings. The lowest BCUT2D eigenvalue weighted by Gasteiger charge is -2.03. The maximum absolute atomic E-state index is 11.3. The van der Waals surface area contributed by atoms with Crippen molar-refractivity contribution in [3.63, 3.8) is 0 Å². The number of rotatable bonds is 2. The highest BCUT2D eigenvalue weighted by Crippen LogP contribution is 2.02. The fourth-order valence-corrected chi connectivity index (χ4v) is 1.01. The Morgan fingerprint density at radius 1 is 1.60 bits per heavy atom. The third-order valence-corrected chi connectivity index (χ3v) is 1.66. The Bertz CT molecular complexity index is 416. The molecular formula is C7H12ClN5O2. The molecule has 7 nitrogen and oxygen atoms in total. The molecule has 0 bridgehead atoms. The summed E-state index contributed by atoms with van der Waals surface area (Å²) in [7, 11) is 0. The summed E-state index contributed by atoms with van der Waals surface area (Å²) in [5.41, 5.74) is 7.09. The molecule has 0 atom stereocenters. The summed E-state index contributed by atoms with van der Waals surface area (Å²) in [5, 5.41) is 0. The zero-order valence-corrected chi connectivity index (χ0v) is 8.85. The van der Waals surface area contributed by atoms with Crippen molar-refractivity contribution in [2.24, 2.45) is 5.84 Å². The molecule has 84 valence electrons. The average molecular weight is 234 g/mol. The van der Waals surface area contributed by atoms with Crippen molar-refractivity contribution in [2.75, 3.05) is 5.73 Å². The number of H-pyrrole nitrogens is 1. The van der Waals surface area contributed by atoms with Crippen LogP contribution in [0.4, 0.5) is 5.82 Å². The Labute approximate surface area is 91.6 Å². The second kappa shape index (κ2) is 5.32. The number of hydrogen-bond acceptors (Lipinski definition) is 5. The number of nitrogens with zero attached hydrogens (tertiary/aromatic N) is 1. The van der Waals surface area contributed by atoms with Crippen molar-refractivity contribution < 1.29 is 4.79 Å². The zero-order chi connectivity index (χ0) is 10.7. The van der Waals surface area contributed by atoms with Gasteiger partial charge in [0.2, 0.25) is 5.91 Å². The van der Waals surface area contributed by atoms with Crippen LogP contribution in [-0.2, 0) is 11.2 Å². The Morgan fingerprint density at radius 3 is 2.67 bits per heavy atom. The van der Waals surface area contributed by atoms with Gasteiger partial charge in [-0.1, -0.05) is 0 Å². The summed E-state index contributed by atoms with van der Waals surface area (Å²) in [6.07, 6.45) is -0.176. The lowest BCUT2D eigenvalue weighted by molar-refractivity contribution is -0.120. The smallest absolute Gasteiger partial charge is 0.256 e. The Balaban J connectivity index is 0.00000196. The molecule has 0 unspecified atom stereocenters. The number of nitrogen functional groups attached to an aromatic ring is 1. The molecule has 0 fully saturated rings. The second-order valence-corrected chi connectivity index (χ2v) is 2.76. The normalized spacial score (nSPS) is 9.20. The quantitative estimate of drug-likeness (QED) is 0.284. The van der Waals surface area contributed by atoms with E-state index in [2.05, 4.69) is 9.97 Å². The van der Waals surface area contributed by atoms with E-state index in [1.165, 1.54) is 0 Å². The molecule has 0 spiro atoms. The molecule has 1 rings (SSSR count). The molecule has 8 heteroatoms. The molecule has 0 aliphatic heterocycles. The lowest BCUT2D eigenvalue weighted by Crippen LogP contribution is -2.33. The van der Waals surface area contributed by atoms with Gasteiger partial charge in [0.25, 0.3) is 5.56 Å². The van der Waals surface area contributed by atoms with Gasteiger partial charge in [0.1, 0.15) is 11.6 Å². The summed E-state index contributed by atoms with van der Waals surface area (Å²) in [6.45, 7) is 1.60. The van der Waals surface area contributed by atoms with Crippen LogP contribution in [0, 0.1) is 6.92 Å². The summed E-state index contributed by atoms with van der Waals surface area (Å²) >= 11 is 0. The highest BCUT2D eigenvalue weighted by Gasteiger charge is 2.11. The van der Waals surface area contributed by atoms with E-state index >= 15 is 0 Å². The van der Waals surface area contributed by atoms with Crippen molar-refractivity contribution >= 4 is 24.1 Å². The van der Waals surface area contributed by atoms with Gasteiger partial charge < -0.3 is 10.7 Å². The number of amides is 1. The van der Waals surface area contributed by atoms with Crippen molar-refractivity contribution in [3.8, 4) is 0 Å². The van der Waals surface area contributed by atoms with E-state index in [0.717, 1.165) is 0 Å². The molecule has 0 radical (unpaired) electrons. The topological polar surface area (TPSA) is 127 Å². The zero-order valence-electron chi connectivity index (χ0n) is 8.03. The fraction of sp³-hybridized carbons (Fsp3) is 0.286. The fourth-order valence-electron chi connectivity index (χ4n) is 1.01. The van der Waals surface area contributed by atoms with E-state index in [1.807, 2.05) is 5.43 Å². The third kappa shape index (κ3) is 3.22. The van der Waals surface area contributed by atoms with Crippen molar-refractivity contribution in [1.29, 1.82) is 0 Å². The van der Waals surface area contributed by atoms with Gasteiger partial charge in [0, 0.05) is 0 Å². The first kappa shape index (κ1) is 13.4. The van der Waals surface area contributed by atoms with Crippen LogP contribution in [0.25, 0.3) is 0 Å². The molecule has 0 aliphatic carbocycles. The second-order valence-electron chi connectivity index (χ2n) is 2.76. The van der Waals surface area contributed by atoms with Crippen LogP contribution >= 0.6 is 12.4 Å². The van der Waals surface area contributed by atoms with Crippen molar-refractivity contribution in [1.82, 2.24) is 15.4 Å². The highest BCUT2D eigenvalue weighted by atomic mass is 35.5. The number of hydrogen-bond donors (Lipinski definition) is 4. The number of carbonyl (C=O) groups is 1. The molecule has 0 saturated carbocycles. The van der Waals surface area contributed by atoms with Crippen molar-refractivity contribution in [2.45, 2.75) is 13.3 Å². The van der Waals surface area contributed by atoms with Crippen LogP contribution in [0.15, 0.2) is 4.79 Å². The summed E-state index contributed by atoms with van der Waals surface area (Å²) < 4.78 is 0. The molecule has 6 N–H and O–H groups in total. The molecular weight excluding hydrogens is 222 g/mol. The number of nitrogens with two attached hydrogens (primary N) is 2. The Hall–Kier alpha value is -1.60. The number of hydrazine groups is 1. The molecule has 0 saturated heterocycles. The number of aromatic nitrogens is 2. The number of nitrogens with one attached hydrogen (secondary N) is 2. The van der Waals surface area contributed by atoms with E-state index in [1.54, 1.807) is 6.92 Å². The van der Waals surface area contributed by atoms with E-state index in [9.17, 15) is 9.59 Å². The van der Waals surface area contributed by atoms with Gasteiger partial charge >= 0.3 is 0 Å². The minimum Gasteiger partial charge on any atom is -0.383 e. The van der Waals surface area contributed by atoms with Gasteiger partial charge in [0.15, 0.2) is 0 Å². The molecule has 1 aromatic heterocycles. The van der Waals surface area contributed by atoms with Crippen LogP contribution in [0.3, 0.4) is 0 Å². The summed E-state index contributed by atoms with van der Waals surface area (Å²) in [4.78, 5) is 28.5. The lowest BCUT2D eigenvalue weighted by atomic mass is 10.2. The molecule has 1 heterocycles. The SMILES string of the molecule is Cc1nc(N)c(CC(=O)NN)c(=O)[nH]1.Cl. The first-order chi connectivity index (χ1) is 6.54. The average Bonchev–Trinajstić information content (AvgIpc) is 2.10. The van der Waals surface area contributed by atoms with Gasteiger partial charge in [-0.05, 0) is 6.92 Å². The number of halogens is 1. The number of aryl methyl sites for hydroxylation is 1.